The summed E-state index contributed by atoms with van der Waals surface area (Å²) < 4.78 is 0. The highest BCUT2D eigenvalue weighted by Gasteiger charge is 1.65. The number of aromatic amines is 4. The molecule has 0 saturated carbocycles. The Bertz CT molecular complexity index is 169. The van der Waals surface area contributed by atoms with Gasteiger partial charge in [0.15, 0.2) is 0 Å². The van der Waals surface area contributed by atoms with Gasteiger partial charge >= 0.3 is 0 Å². The van der Waals surface area contributed by atoms with Crippen LogP contribution in [0.25, 0.3) is 0 Å². The van der Waals surface area contributed by atoms with Gasteiger partial charge in [0.05, 0.1) is 0 Å². The van der Waals surface area contributed by atoms with Crippen LogP contribution in [0.5, 0.6) is 0 Å². The van der Waals surface area contributed by atoms with Gasteiger partial charge in [-0.05, 0) is 8.59 Å². The van der Waals surface area contributed by atoms with Crippen LogP contribution in [0.15, 0.2) is 37.4 Å². The van der Waals surface area contributed by atoms with Crippen LogP contribution >= 0.6 is 19.8 Å². The maximum Gasteiger partial charge on any atom is 0.239 e. The second kappa shape index (κ2) is 19.0. The highest BCUT2D eigenvalue weighted by molar-refractivity contribution is 7.52. The Labute approximate surface area is 117 Å². The summed E-state index contributed by atoms with van der Waals surface area (Å²) in [6.07, 6.45) is 10.8. The van der Waals surface area contributed by atoms with Crippen LogP contribution in [-0.4, -0.2) is 9.97 Å². The Balaban J connectivity index is -0.000000131. The van der Waals surface area contributed by atoms with Crippen molar-refractivity contribution in [1.29, 1.82) is 0 Å². The monoisotopic (exact) mass is 412 g/mol. The Morgan fingerprint density at radius 2 is 1.29 bits per heavy atom. The summed E-state index contributed by atoms with van der Waals surface area (Å²) in [5.74, 6) is 0. The summed E-state index contributed by atoms with van der Waals surface area (Å²) in [4.78, 5) is 11.2. The number of H-pyrrole nitrogens is 4. The number of imidazole rings is 2. The standard InChI is InChI=1S/2C3H4N2.BrH.ClH2P.HI/c2*1-2-5-3-4-1;;1-2;/h2*1-3H,(H,4,5);1H;2H2;1H. The van der Waals surface area contributed by atoms with Gasteiger partial charge < -0.3 is 41.0 Å². The lowest BCUT2D eigenvalue weighted by atomic mass is 11.0. The fourth-order valence-electron chi connectivity index (χ4n) is 0.481. The molecule has 1 unspecified atom stereocenters. The Morgan fingerprint density at radius 1 is 0.929 bits per heavy atom. The average molecular weight is 413 g/mol. The topological polar surface area (TPSA) is 59.9 Å². The third-order valence-corrected chi connectivity index (χ3v) is 0.885. The molecule has 0 fully saturated rings. The number of rotatable bonds is 0. The molecule has 0 saturated heterocycles. The van der Waals surface area contributed by atoms with Gasteiger partial charge in [-0.2, -0.15) is 0 Å². The van der Waals surface area contributed by atoms with Crippen molar-refractivity contribution in [3.05, 3.63) is 37.4 Å². The molecule has 0 amide bonds. The first kappa shape index (κ1) is 19.9. The third kappa shape index (κ3) is 14.9. The molecule has 2 aromatic rings. The molecule has 0 bridgehead atoms. The molecular weight excluding hydrogens is 401 g/mol. The first-order chi connectivity index (χ1) is 6.00. The van der Waals surface area contributed by atoms with Crippen LogP contribution in [0.4, 0.5) is 0 Å². The van der Waals surface area contributed by atoms with E-state index in [4.69, 9.17) is 0 Å². The van der Waals surface area contributed by atoms with E-state index in [0.717, 1.165) is 0 Å². The zero-order chi connectivity index (χ0) is 9.07. The van der Waals surface area contributed by atoms with E-state index in [1.54, 1.807) is 12.7 Å². The van der Waals surface area contributed by atoms with Crippen LogP contribution in [0.1, 0.15) is 0 Å². The molecule has 82 valence electrons. The predicted octanol–water partition coefficient (Wildman–Crippen LogP) is -5.32. The van der Waals surface area contributed by atoms with Crippen LogP contribution < -0.4 is 50.9 Å². The maximum absolute atomic E-state index is 4.56. The van der Waals surface area contributed by atoms with Crippen LogP contribution in [0.3, 0.4) is 0 Å². The molecule has 0 radical (unpaired) electrons. The molecule has 4 N–H and O–H groups in total. The summed E-state index contributed by atoms with van der Waals surface area (Å²) >= 11 is 4.56. The SMILES string of the molecule is PCl.[Br-].[I-].c1c[nH+]c[nH]1.c1c[nH+]c[nH]1. The fraction of sp³-hybridized carbons (Fsp3) is 0. The van der Waals surface area contributed by atoms with Gasteiger partial charge in [-0.3, -0.25) is 19.9 Å². The molecule has 2 rings (SSSR count). The molecule has 2 aromatic heterocycles. The molecule has 14 heavy (non-hydrogen) atoms. The molecule has 4 nitrogen and oxygen atoms in total. The minimum atomic E-state index is 0. The van der Waals surface area contributed by atoms with E-state index in [2.05, 4.69) is 31.2 Å². The van der Waals surface area contributed by atoms with Crippen molar-refractivity contribution < 1.29 is 50.9 Å². The van der Waals surface area contributed by atoms with Crippen molar-refractivity contribution in [1.82, 2.24) is 9.97 Å². The molecule has 8 heteroatoms. The van der Waals surface area contributed by atoms with Crippen molar-refractivity contribution in [2.45, 2.75) is 0 Å². The molecule has 0 aliphatic rings. The highest BCUT2D eigenvalue weighted by atomic mass is 127. The largest absolute Gasteiger partial charge is 1.00 e. The predicted molar refractivity (Wildman–Crippen MR) is 50.3 cm³/mol. The number of hydrogen-bond donors (Lipinski definition) is 2. The lowest BCUT2D eigenvalue weighted by Crippen LogP contribution is -3.00. The molecule has 2 heterocycles. The minimum Gasteiger partial charge on any atom is -1.00 e. The Hall–Kier alpha value is 0.350. The molecule has 0 aliphatic heterocycles. The van der Waals surface area contributed by atoms with E-state index in [0.29, 0.717) is 0 Å². The van der Waals surface area contributed by atoms with Crippen molar-refractivity contribution in [3.63, 3.8) is 0 Å². The number of nitrogens with one attached hydrogen (secondary N) is 4. The normalized spacial score (nSPS) is 6.14. The summed E-state index contributed by atoms with van der Waals surface area (Å²) in [6.45, 7) is 0. The van der Waals surface area contributed by atoms with Crippen LogP contribution in [-0.2, 0) is 0 Å². The van der Waals surface area contributed by atoms with Gasteiger partial charge in [-0.15, -0.1) is 11.2 Å². The van der Waals surface area contributed by atoms with E-state index in [1.807, 2.05) is 33.4 Å². The van der Waals surface area contributed by atoms with Gasteiger partial charge in [0.1, 0.15) is 24.8 Å². The van der Waals surface area contributed by atoms with Gasteiger partial charge in [-0.25, -0.2) is 0 Å². The van der Waals surface area contributed by atoms with E-state index in [-0.39, 0.29) is 41.0 Å². The zero-order valence-corrected chi connectivity index (χ0v) is 12.8. The number of hydrogen-bond acceptors (Lipinski definition) is 0. The van der Waals surface area contributed by atoms with E-state index < -0.39 is 0 Å². The summed E-state index contributed by atoms with van der Waals surface area (Å²) in [7, 11) is 1.89. The van der Waals surface area contributed by atoms with Crippen LogP contribution in [0, 0.1) is 0 Å². The van der Waals surface area contributed by atoms with Gasteiger partial charge in [0.2, 0.25) is 12.7 Å². The minimum absolute atomic E-state index is 0. The first-order valence-corrected chi connectivity index (χ1v) is 4.94. The average Bonchev–Trinajstić information content (AvgIpc) is 2.87. The Kier molecular flexibility index (Phi) is 27.0. The molecule has 0 spiro atoms. The fourth-order valence-corrected chi connectivity index (χ4v) is 0.481. The summed E-state index contributed by atoms with van der Waals surface area (Å²) in [5, 5.41) is 0. The quantitative estimate of drug-likeness (QED) is 0.320. The highest BCUT2D eigenvalue weighted by Crippen LogP contribution is 1.78. The van der Waals surface area contributed by atoms with Gasteiger partial charge in [0, 0.05) is 0 Å². The van der Waals surface area contributed by atoms with E-state index >= 15 is 0 Å². The smallest absolute Gasteiger partial charge is 0.239 e. The summed E-state index contributed by atoms with van der Waals surface area (Å²) in [5.41, 5.74) is 0. The zero-order valence-electron chi connectivity index (χ0n) is 7.18. The van der Waals surface area contributed by atoms with Crippen molar-refractivity contribution in [3.8, 4) is 0 Å². The molecule has 0 aliphatic carbocycles. The van der Waals surface area contributed by atoms with Crippen LogP contribution in [0.2, 0.25) is 0 Å². The lowest BCUT2D eigenvalue weighted by Gasteiger charge is -1.37. The molecule has 0 aromatic carbocycles. The van der Waals surface area contributed by atoms with Crippen molar-refractivity contribution >= 4 is 19.8 Å². The molecular formula is C6H12BrClIN4P. The maximum atomic E-state index is 4.56. The van der Waals surface area contributed by atoms with Gasteiger partial charge in [0.25, 0.3) is 0 Å². The lowest BCUT2D eigenvalue weighted by molar-refractivity contribution is -0.376. The second-order valence-corrected chi connectivity index (χ2v) is 1.62. The number of halogens is 3. The second-order valence-electron chi connectivity index (χ2n) is 1.62. The Morgan fingerprint density at radius 3 is 1.36 bits per heavy atom. The van der Waals surface area contributed by atoms with Crippen molar-refractivity contribution in [2.75, 3.05) is 0 Å². The number of aromatic nitrogens is 4. The first-order valence-electron chi connectivity index (χ1n) is 3.19. The van der Waals surface area contributed by atoms with Gasteiger partial charge in [-0.1, -0.05) is 0 Å². The van der Waals surface area contributed by atoms with Crippen molar-refractivity contribution in [2.24, 2.45) is 0 Å². The third-order valence-electron chi connectivity index (χ3n) is 0.885. The summed E-state index contributed by atoms with van der Waals surface area (Å²) in [6, 6.07) is 0. The van der Waals surface area contributed by atoms with E-state index in [9.17, 15) is 0 Å². The molecule has 1 atom stereocenters. The van der Waals surface area contributed by atoms with E-state index in [1.165, 1.54) is 0 Å².